The van der Waals surface area contributed by atoms with Crippen molar-refractivity contribution in [2.75, 3.05) is 62.3 Å². The summed E-state index contributed by atoms with van der Waals surface area (Å²) >= 11 is 0. The van der Waals surface area contributed by atoms with E-state index in [1.54, 1.807) is 26.6 Å². The molecule has 0 aliphatic carbocycles. The normalized spacial score (nSPS) is 19.8. The number of piperazine rings is 1. The Morgan fingerprint density at radius 1 is 0.911 bits per heavy atom. The number of ether oxygens (including phenoxy) is 3. The number of anilines is 2. The smallest absolute Gasteiger partial charge is 0.350 e. The first kappa shape index (κ1) is 39.1. The van der Waals surface area contributed by atoms with Gasteiger partial charge in [-0.25, -0.2) is 32.5 Å². The molecule has 298 valence electrons. The zero-order chi connectivity index (χ0) is 39.2. The van der Waals surface area contributed by atoms with Crippen LogP contribution < -0.4 is 26.0 Å². The van der Waals surface area contributed by atoms with Crippen molar-refractivity contribution in [3.05, 3.63) is 113 Å². The van der Waals surface area contributed by atoms with Crippen LogP contribution in [0.3, 0.4) is 0 Å². The summed E-state index contributed by atoms with van der Waals surface area (Å²) in [6.07, 6.45) is 5.63. The molecule has 2 aromatic heterocycles. The summed E-state index contributed by atoms with van der Waals surface area (Å²) in [6.45, 7) is 11.6. The molecule has 3 aromatic carbocycles. The second-order valence-electron chi connectivity index (χ2n) is 15.1. The van der Waals surface area contributed by atoms with E-state index in [1.165, 1.54) is 18.5 Å². The quantitative estimate of drug-likeness (QED) is 0.134. The minimum absolute atomic E-state index is 0.0127. The van der Waals surface area contributed by atoms with Gasteiger partial charge in [-0.1, -0.05) is 19.9 Å². The van der Waals surface area contributed by atoms with Gasteiger partial charge in [0.2, 0.25) is 0 Å². The van der Waals surface area contributed by atoms with Gasteiger partial charge in [0.1, 0.15) is 42.0 Å². The lowest BCUT2D eigenvalue weighted by atomic mass is 9.87. The van der Waals surface area contributed by atoms with Crippen molar-refractivity contribution in [1.29, 1.82) is 0 Å². The van der Waals surface area contributed by atoms with Gasteiger partial charge in [-0.05, 0) is 86.8 Å². The van der Waals surface area contributed by atoms with Crippen LogP contribution in [0.2, 0.25) is 0 Å². The van der Waals surface area contributed by atoms with Crippen LogP contribution in [0.4, 0.5) is 20.2 Å². The van der Waals surface area contributed by atoms with Gasteiger partial charge in [0, 0.05) is 61.7 Å². The molecule has 4 unspecified atom stereocenters. The molecule has 4 atom stereocenters. The molecule has 0 radical (unpaired) electrons. The van der Waals surface area contributed by atoms with Crippen molar-refractivity contribution >= 4 is 11.4 Å². The Morgan fingerprint density at radius 2 is 1.59 bits per heavy atom. The SMILES string of the molecule is CC(C)C(C(C)OCCCN)n1ncn(-c2ccc(N3CCN(c4ccc(OCC5COC(Cn6cncn6)(c6ccc(F)cc6F)C5)cc4)CC3)cc2)c1=O. The van der Waals surface area contributed by atoms with E-state index in [-0.39, 0.29) is 36.2 Å². The summed E-state index contributed by atoms with van der Waals surface area (Å²) in [6, 6.07) is 19.5. The molecular weight excluding hydrogens is 721 g/mol. The molecule has 4 heterocycles. The number of nitrogens with zero attached hydrogens (tertiary/aromatic N) is 8. The van der Waals surface area contributed by atoms with E-state index in [2.05, 4.69) is 63.1 Å². The van der Waals surface area contributed by atoms with E-state index >= 15 is 4.39 Å². The molecule has 2 N–H and O–H groups in total. The molecule has 0 amide bonds. The fourth-order valence-corrected chi connectivity index (χ4v) is 7.97. The highest BCUT2D eigenvalue weighted by Crippen LogP contribution is 2.42. The first-order valence-corrected chi connectivity index (χ1v) is 19.4. The van der Waals surface area contributed by atoms with Gasteiger partial charge >= 0.3 is 5.69 Å². The van der Waals surface area contributed by atoms with E-state index in [0.29, 0.717) is 38.3 Å². The van der Waals surface area contributed by atoms with Crippen LogP contribution in [0.15, 0.2) is 90.5 Å². The molecule has 0 saturated carbocycles. The fourth-order valence-electron chi connectivity index (χ4n) is 7.97. The molecule has 2 aliphatic heterocycles. The first-order chi connectivity index (χ1) is 27.1. The number of aromatic nitrogens is 6. The Balaban J connectivity index is 0.915. The van der Waals surface area contributed by atoms with E-state index in [0.717, 1.165) is 61.5 Å². The maximum Gasteiger partial charge on any atom is 0.350 e. The lowest BCUT2D eigenvalue weighted by Crippen LogP contribution is -2.46. The van der Waals surface area contributed by atoms with E-state index in [1.807, 2.05) is 31.2 Å². The highest BCUT2D eigenvalue weighted by atomic mass is 19.1. The third-order valence-corrected chi connectivity index (χ3v) is 10.8. The monoisotopic (exact) mass is 771 g/mol. The molecule has 5 aromatic rings. The van der Waals surface area contributed by atoms with Crippen molar-refractivity contribution < 1.29 is 23.0 Å². The third-order valence-electron chi connectivity index (χ3n) is 10.8. The number of nitrogens with two attached hydrogens (primary N) is 1. The van der Waals surface area contributed by atoms with Crippen molar-refractivity contribution in [2.45, 2.75) is 57.9 Å². The Labute approximate surface area is 325 Å². The predicted octanol–water partition coefficient (Wildman–Crippen LogP) is 5.19. The van der Waals surface area contributed by atoms with Gasteiger partial charge in [-0.3, -0.25) is 0 Å². The maximum atomic E-state index is 15.0. The molecule has 0 bridgehead atoms. The van der Waals surface area contributed by atoms with Crippen LogP contribution in [0, 0.1) is 23.5 Å². The summed E-state index contributed by atoms with van der Waals surface area (Å²) in [5.74, 6) is -0.406. The second kappa shape index (κ2) is 17.3. The Bertz CT molecular complexity index is 2070. The Morgan fingerprint density at radius 3 is 2.21 bits per heavy atom. The Hall–Kier alpha value is -5.12. The minimum Gasteiger partial charge on any atom is -0.493 e. The first-order valence-electron chi connectivity index (χ1n) is 19.4. The number of hydrogen-bond acceptors (Lipinski definition) is 10. The third kappa shape index (κ3) is 8.64. The standard InChI is InChI=1S/C41H51F2N9O4/c1-29(2)39(30(3)54-20-4-15-44)52-40(53)51(28-47-52)35-8-6-33(7-9-35)48-16-18-49(19-17-48)34-10-12-36(13-11-34)55-23-31-22-41(56-24-31,25-50-27-45-26-46-50)37-14-5-32(42)21-38(37)43/h5-14,21,26-31,39H,4,15-20,22-25,44H2,1-3H3. The average Bonchev–Trinajstić information content (AvgIpc) is 3.96. The predicted molar refractivity (Wildman–Crippen MR) is 209 cm³/mol. The topological polar surface area (TPSA) is 131 Å². The fraction of sp³-hybridized carbons (Fsp3) is 0.463. The highest BCUT2D eigenvalue weighted by molar-refractivity contribution is 5.54. The maximum absolute atomic E-state index is 15.0. The largest absolute Gasteiger partial charge is 0.493 e. The van der Waals surface area contributed by atoms with Crippen molar-refractivity contribution in [3.63, 3.8) is 0 Å². The molecule has 13 nitrogen and oxygen atoms in total. The molecule has 15 heteroatoms. The molecule has 2 aliphatic rings. The van der Waals surface area contributed by atoms with Crippen LogP contribution in [0.25, 0.3) is 5.69 Å². The van der Waals surface area contributed by atoms with Crippen LogP contribution in [0.1, 0.15) is 45.2 Å². The summed E-state index contributed by atoms with van der Waals surface area (Å²) in [5, 5.41) is 8.68. The van der Waals surface area contributed by atoms with Gasteiger partial charge in [0.05, 0.1) is 37.6 Å². The van der Waals surface area contributed by atoms with E-state index in [9.17, 15) is 9.18 Å². The van der Waals surface area contributed by atoms with Crippen molar-refractivity contribution in [1.82, 2.24) is 29.1 Å². The van der Waals surface area contributed by atoms with Crippen molar-refractivity contribution in [2.24, 2.45) is 17.6 Å². The number of benzene rings is 3. The second-order valence-corrected chi connectivity index (χ2v) is 15.1. The zero-order valence-electron chi connectivity index (χ0n) is 32.2. The number of halogens is 2. The molecule has 56 heavy (non-hydrogen) atoms. The van der Waals surface area contributed by atoms with Gasteiger partial charge < -0.3 is 29.7 Å². The van der Waals surface area contributed by atoms with Gasteiger partial charge in [0.25, 0.3) is 0 Å². The zero-order valence-corrected chi connectivity index (χ0v) is 32.2. The molecule has 0 spiro atoms. The Kier molecular flexibility index (Phi) is 12.1. The van der Waals surface area contributed by atoms with Gasteiger partial charge in [-0.15, -0.1) is 0 Å². The average molecular weight is 772 g/mol. The number of rotatable bonds is 16. The lowest BCUT2D eigenvalue weighted by Gasteiger charge is -2.37. The molecular formula is C41H51F2N9O4. The molecule has 2 fully saturated rings. The molecule has 2 saturated heterocycles. The minimum atomic E-state index is -1.02. The van der Waals surface area contributed by atoms with Crippen LogP contribution in [-0.4, -0.2) is 87.8 Å². The van der Waals surface area contributed by atoms with Crippen LogP contribution in [0.5, 0.6) is 5.75 Å². The van der Waals surface area contributed by atoms with Gasteiger partial charge in [0.15, 0.2) is 0 Å². The van der Waals surface area contributed by atoms with E-state index < -0.39 is 17.2 Å². The van der Waals surface area contributed by atoms with E-state index in [4.69, 9.17) is 19.9 Å². The summed E-state index contributed by atoms with van der Waals surface area (Å²) in [5.41, 5.74) is 7.69. The molecule has 7 rings (SSSR count). The highest BCUT2D eigenvalue weighted by Gasteiger charge is 2.44. The van der Waals surface area contributed by atoms with Crippen molar-refractivity contribution in [3.8, 4) is 11.4 Å². The summed E-state index contributed by atoms with van der Waals surface area (Å²) in [7, 11) is 0. The lowest BCUT2D eigenvalue weighted by molar-refractivity contribution is -0.0206. The van der Waals surface area contributed by atoms with Gasteiger partial charge in [-0.2, -0.15) is 10.2 Å². The summed E-state index contributed by atoms with van der Waals surface area (Å²) in [4.78, 5) is 22.2. The van der Waals surface area contributed by atoms with Crippen LogP contribution >= 0.6 is 0 Å². The summed E-state index contributed by atoms with van der Waals surface area (Å²) < 4.78 is 51.9. The van der Waals surface area contributed by atoms with Crippen LogP contribution in [-0.2, 0) is 21.6 Å². The number of hydrogen-bond donors (Lipinski definition) is 1.